The Morgan fingerprint density at radius 2 is 2.11 bits per heavy atom. The summed E-state index contributed by atoms with van der Waals surface area (Å²) >= 11 is 0. The van der Waals surface area contributed by atoms with E-state index in [1.807, 2.05) is 19.1 Å². The van der Waals surface area contributed by atoms with Crippen LogP contribution in [0.5, 0.6) is 0 Å². The highest BCUT2D eigenvalue weighted by Crippen LogP contribution is 2.41. The van der Waals surface area contributed by atoms with Crippen molar-refractivity contribution in [3.8, 4) is 0 Å². The third kappa shape index (κ3) is 1.82. The van der Waals surface area contributed by atoms with E-state index in [0.29, 0.717) is 24.5 Å². The topological polar surface area (TPSA) is 68.1 Å². The second-order valence-corrected chi connectivity index (χ2v) is 6.45. The third-order valence-electron chi connectivity index (χ3n) is 3.58. The summed E-state index contributed by atoms with van der Waals surface area (Å²) in [7, 11) is -1.57. The van der Waals surface area contributed by atoms with E-state index in [9.17, 15) is 9.00 Å². The summed E-state index contributed by atoms with van der Waals surface area (Å²) in [6.07, 6.45) is 0.663. The number of hydrogen-bond donors (Lipinski definition) is 0. The van der Waals surface area contributed by atoms with Crippen LogP contribution in [0.4, 0.5) is 0 Å². The van der Waals surface area contributed by atoms with Crippen molar-refractivity contribution in [2.75, 3.05) is 13.2 Å². The summed E-state index contributed by atoms with van der Waals surface area (Å²) in [4.78, 5) is 11.4. The van der Waals surface area contributed by atoms with E-state index in [0.717, 1.165) is 5.56 Å². The van der Waals surface area contributed by atoms with Gasteiger partial charge in [0.2, 0.25) is 0 Å². The number of rotatable bonds is 2. The molecule has 1 aromatic carbocycles. The minimum Gasteiger partial charge on any atom is -0.463 e. The van der Waals surface area contributed by atoms with Gasteiger partial charge in [0.15, 0.2) is 0 Å². The van der Waals surface area contributed by atoms with E-state index in [4.69, 9.17) is 4.74 Å². The first kappa shape index (κ1) is 12.5. The molecule has 3 atom stereocenters. The van der Waals surface area contributed by atoms with Crippen LogP contribution < -0.4 is 0 Å². The number of fused-ring (bicyclic) bond motifs is 1. The zero-order valence-electron chi connectivity index (χ0n) is 10.5. The fourth-order valence-corrected chi connectivity index (χ4v) is 4.03. The molecule has 100 valence electrons. The molecule has 2 aliphatic rings. The van der Waals surface area contributed by atoms with Gasteiger partial charge in [-0.2, -0.15) is 10.2 Å². The lowest BCUT2D eigenvalue weighted by Crippen LogP contribution is -2.51. The Kier molecular flexibility index (Phi) is 2.97. The molecule has 0 spiro atoms. The predicted molar refractivity (Wildman–Crippen MR) is 69.1 cm³/mol. The molecule has 1 fully saturated rings. The molecule has 0 amide bonds. The minimum atomic E-state index is -1.57. The lowest BCUT2D eigenvalue weighted by Gasteiger charge is -2.32. The van der Waals surface area contributed by atoms with Gasteiger partial charge in [-0.3, -0.25) is 4.21 Å². The van der Waals surface area contributed by atoms with Gasteiger partial charge in [-0.15, -0.1) is 0 Å². The number of azo groups is 1. The summed E-state index contributed by atoms with van der Waals surface area (Å²) in [5.41, 5.74) is 1.08. The summed E-state index contributed by atoms with van der Waals surface area (Å²) in [5, 5.41) is 7.96. The normalized spacial score (nSPS) is 30.8. The Morgan fingerprint density at radius 1 is 1.37 bits per heavy atom. The SMILES string of the molecule is Cc1ccc(S(=O)[C@]23N=NC[C@H]2CCOC3=O)cc1. The first-order valence-corrected chi connectivity index (χ1v) is 7.34. The zero-order chi connectivity index (χ0) is 13.5. The van der Waals surface area contributed by atoms with Crippen molar-refractivity contribution < 1.29 is 13.7 Å². The van der Waals surface area contributed by atoms with Gasteiger partial charge in [-0.05, 0) is 25.5 Å². The van der Waals surface area contributed by atoms with Crippen molar-refractivity contribution >= 4 is 16.8 Å². The number of carbonyl (C=O) groups is 1. The van der Waals surface area contributed by atoms with Crippen molar-refractivity contribution in [3.63, 3.8) is 0 Å². The Balaban J connectivity index is 2.03. The quantitative estimate of drug-likeness (QED) is 0.775. The van der Waals surface area contributed by atoms with Gasteiger partial charge in [0.1, 0.15) is 0 Å². The van der Waals surface area contributed by atoms with Crippen LogP contribution in [-0.4, -0.2) is 28.2 Å². The van der Waals surface area contributed by atoms with Gasteiger partial charge in [0.05, 0.1) is 24.0 Å². The number of aryl methyl sites for hydroxylation is 1. The van der Waals surface area contributed by atoms with Crippen LogP contribution in [0.1, 0.15) is 12.0 Å². The fourth-order valence-electron chi connectivity index (χ4n) is 2.45. The fraction of sp³-hybridized carbons (Fsp3) is 0.462. The van der Waals surface area contributed by atoms with Gasteiger partial charge >= 0.3 is 5.97 Å². The smallest absolute Gasteiger partial charge is 0.349 e. The van der Waals surface area contributed by atoms with E-state index < -0.39 is 21.6 Å². The lowest BCUT2D eigenvalue weighted by molar-refractivity contribution is -0.152. The lowest BCUT2D eigenvalue weighted by atomic mass is 9.95. The molecule has 0 saturated carbocycles. The summed E-state index contributed by atoms with van der Waals surface area (Å²) in [6, 6.07) is 7.29. The average molecular weight is 278 g/mol. The highest BCUT2D eigenvalue weighted by Gasteiger charge is 2.58. The molecule has 0 radical (unpaired) electrons. The number of hydrogen-bond acceptors (Lipinski definition) is 5. The van der Waals surface area contributed by atoms with Crippen LogP contribution in [0.2, 0.25) is 0 Å². The van der Waals surface area contributed by atoms with Crippen molar-refractivity contribution in [1.29, 1.82) is 0 Å². The van der Waals surface area contributed by atoms with Crippen LogP contribution in [-0.2, 0) is 20.3 Å². The number of cyclic esters (lactones) is 1. The van der Waals surface area contributed by atoms with Crippen LogP contribution in [0.25, 0.3) is 0 Å². The molecule has 0 bridgehead atoms. The number of ether oxygens (including phenoxy) is 1. The number of carbonyl (C=O) groups excluding carboxylic acids is 1. The Hall–Kier alpha value is -1.56. The molecule has 19 heavy (non-hydrogen) atoms. The molecule has 1 aromatic rings. The highest BCUT2D eigenvalue weighted by molar-refractivity contribution is 7.87. The first-order valence-electron chi connectivity index (χ1n) is 6.19. The molecule has 3 rings (SSSR count). The molecular weight excluding hydrogens is 264 g/mol. The molecule has 0 aromatic heterocycles. The zero-order valence-corrected chi connectivity index (χ0v) is 11.4. The summed E-state index contributed by atoms with van der Waals surface area (Å²) in [6.45, 7) is 2.77. The first-order chi connectivity index (χ1) is 9.14. The molecular formula is C13H14N2O3S. The third-order valence-corrected chi connectivity index (χ3v) is 5.43. The van der Waals surface area contributed by atoms with Gasteiger partial charge in [0.25, 0.3) is 4.87 Å². The van der Waals surface area contributed by atoms with Gasteiger partial charge < -0.3 is 4.74 Å². The molecule has 1 saturated heterocycles. The predicted octanol–water partition coefficient (Wildman–Crippen LogP) is 1.83. The van der Waals surface area contributed by atoms with E-state index >= 15 is 0 Å². The van der Waals surface area contributed by atoms with Crippen LogP contribution >= 0.6 is 0 Å². The number of esters is 1. The highest BCUT2D eigenvalue weighted by atomic mass is 32.2. The van der Waals surface area contributed by atoms with Crippen molar-refractivity contribution in [3.05, 3.63) is 29.8 Å². The molecule has 2 aliphatic heterocycles. The van der Waals surface area contributed by atoms with E-state index in [-0.39, 0.29) is 5.92 Å². The van der Waals surface area contributed by atoms with E-state index in [1.54, 1.807) is 12.1 Å². The van der Waals surface area contributed by atoms with Gasteiger partial charge in [-0.1, -0.05) is 17.7 Å². The second-order valence-electron chi connectivity index (χ2n) is 4.82. The largest absolute Gasteiger partial charge is 0.463 e. The van der Waals surface area contributed by atoms with Crippen molar-refractivity contribution in [2.24, 2.45) is 16.1 Å². The van der Waals surface area contributed by atoms with E-state index in [1.165, 1.54) is 0 Å². The molecule has 2 heterocycles. The van der Waals surface area contributed by atoms with Crippen LogP contribution in [0.3, 0.4) is 0 Å². The molecule has 0 aliphatic carbocycles. The maximum absolute atomic E-state index is 12.8. The van der Waals surface area contributed by atoms with Crippen molar-refractivity contribution in [2.45, 2.75) is 23.1 Å². The maximum atomic E-state index is 12.8. The minimum absolute atomic E-state index is 0.115. The molecule has 0 N–H and O–H groups in total. The monoisotopic (exact) mass is 278 g/mol. The number of nitrogens with zero attached hydrogens (tertiary/aromatic N) is 2. The standard InChI is InChI=1S/C13H14N2O3S/c1-9-2-4-11(5-3-9)19(17)13-10(8-14-15-13)6-7-18-12(13)16/h2-5,10H,6-8H2,1H3/t10-,13-,19?/m1/s1. The van der Waals surface area contributed by atoms with Gasteiger partial charge in [0, 0.05) is 10.8 Å². The average Bonchev–Trinajstić information content (AvgIpc) is 2.85. The van der Waals surface area contributed by atoms with Gasteiger partial charge in [-0.25, -0.2) is 4.79 Å². The van der Waals surface area contributed by atoms with Crippen molar-refractivity contribution in [1.82, 2.24) is 0 Å². The molecule has 6 heteroatoms. The molecule has 1 unspecified atom stereocenters. The van der Waals surface area contributed by atoms with Crippen LogP contribution in [0.15, 0.2) is 39.4 Å². The summed E-state index contributed by atoms with van der Waals surface area (Å²) < 4.78 is 17.9. The van der Waals surface area contributed by atoms with Crippen LogP contribution in [0, 0.1) is 12.8 Å². The Labute approximate surface area is 113 Å². The maximum Gasteiger partial charge on any atom is 0.349 e. The Bertz CT molecular complexity index is 570. The summed E-state index contributed by atoms with van der Waals surface area (Å²) in [5.74, 6) is -0.625. The number of benzene rings is 1. The second kappa shape index (κ2) is 4.52. The molecule has 5 nitrogen and oxygen atoms in total. The van der Waals surface area contributed by atoms with E-state index in [2.05, 4.69) is 10.2 Å². The Morgan fingerprint density at radius 3 is 2.84 bits per heavy atom.